The maximum Gasteiger partial charge on any atom is 0.251 e. The Kier molecular flexibility index (Phi) is 3.95. The maximum absolute atomic E-state index is 12.2. The summed E-state index contributed by atoms with van der Waals surface area (Å²) in [5, 5.41) is 14.6. The molecule has 7 nitrogen and oxygen atoms in total. The van der Waals surface area contributed by atoms with Gasteiger partial charge in [-0.2, -0.15) is 5.10 Å². The molecule has 0 saturated carbocycles. The van der Waals surface area contributed by atoms with Crippen molar-refractivity contribution in [3.8, 4) is 5.69 Å². The molecule has 1 aromatic carbocycles. The molecule has 0 spiro atoms. The first-order chi connectivity index (χ1) is 10.7. The van der Waals surface area contributed by atoms with Gasteiger partial charge in [0, 0.05) is 29.7 Å². The van der Waals surface area contributed by atoms with E-state index >= 15 is 0 Å². The van der Waals surface area contributed by atoms with Gasteiger partial charge in [-0.1, -0.05) is 6.07 Å². The Bertz CT molecular complexity index is 762. The predicted octanol–water partition coefficient (Wildman–Crippen LogP) is 1.20. The van der Waals surface area contributed by atoms with Gasteiger partial charge in [0.05, 0.1) is 6.54 Å². The van der Waals surface area contributed by atoms with Gasteiger partial charge in [-0.25, -0.2) is 0 Å². The van der Waals surface area contributed by atoms with Crippen LogP contribution >= 0.6 is 0 Å². The molecular formula is C15H16N6O. The monoisotopic (exact) mass is 296 g/mol. The smallest absolute Gasteiger partial charge is 0.251 e. The quantitative estimate of drug-likeness (QED) is 0.767. The standard InChI is InChI=1S/C15H16N6O/c1-12-5-6-19-21(12)8-7-16-15(22)13-3-2-4-14(9-13)20-10-17-18-11-20/h2-6,9-11H,7-8H2,1H3,(H,16,22). The number of carbonyl (C=O) groups is 1. The molecule has 1 N–H and O–H groups in total. The first-order valence-corrected chi connectivity index (χ1v) is 6.96. The highest BCUT2D eigenvalue weighted by molar-refractivity contribution is 5.94. The van der Waals surface area contributed by atoms with E-state index in [1.165, 1.54) is 0 Å². The molecule has 3 aromatic rings. The van der Waals surface area contributed by atoms with Gasteiger partial charge in [0.2, 0.25) is 0 Å². The van der Waals surface area contributed by atoms with Crippen LogP contribution in [0.5, 0.6) is 0 Å². The fourth-order valence-electron chi connectivity index (χ4n) is 2.15. The molecule has 7 heteroatoms. The van der Waals surface area contributed by atoms with E-state index in [2.05, 4.69) is 20.6 Å². The minimum Gasteiger partial charge on any atom is -0.350 e. The number of nitrogens with zero attached hydrogens (tertiary/aromatic N) is 5. The lowest BCUT2D eigenvalue weighted by Gasteiger charge is -2.08. The molecule has 112 valence electrons. The molecule has 0 unspecified atom stereocenters. The number of nitrogens with one attached hydrogen (secondary N) is 1. The molecule has 0 aliphatic heterocycles. The van der Waals surface area contributed by atoms with Crippen LogP contribution in [0.15, 0.2) is 49.2 Å². The molecule has 0 fully saturated rings. The zero-order valence-corrected chi connectivity index (χ0v) is 12.2. The van der Waals surface area contributed by atoms with Crippen LogP contribution in [0.25, 0.3) is 5.69 Å². The molecular weight excluding hydrogens is 280 g/mol. The van der Waals surface area contributed by atoms with Crippen molar-refractivity contribution in [1.29, 1.82) is 0 Å². The van der Waals surface area contributed by atoms with Crippen molar-refractivity contribution in [3.63, 3.8) is 0 Å². The molecule has 0 saturated heterocycles. The molecule has 1 amide bonds. The second-order valence-electron chi connectivity index (χ2n) is 4.87. The van der Waals surface area contributed by atoms with E-state index < -0.39 is 0 Å². The molecule has 0 atom stereocenters. The number of hydrogen-bond donors (Lipinski definition) is 1. The summed E-state index contributed by atoms with van der Waals surface area (Å²) in [6.07, 6.45) is 4.94. The number of hydrogen-bond acceptors (Lipinski definition) is 4. The van der Waals surface area contributed by atoms with Crippen molar-refractivity contribution in [3.05, 3.63) is 60.4 Å². The minimum atomic E-state index is -0.111. The Morgan fingerprint density at radius 3 is 2.77 bits per heavy atom. The Balaban J connectivity index is 1.63. The van der Waals surface area contributed by atoms with Crippen LogP contribution in [0.1, 0.15) is 16.1 Å². The lowest BCUT2D eigenvalue weighted by molar-refractivity contribution is 0.0952. The molecule has 22 heavy (non-hydrogen) atoms. The summed E-state index contributed by atoms with van der Waals surface area (Å²) in [5.74, 6) is -0.111. The van der Waals surface area contributed by atoms with Gasteiger partial charge in [-0.15, -0.1) is 10.2 Å². The molecule has 3 rings (SSSR count). The Hall–Kier alpha value is -2.96. The summed E-state index contributed by atoms with van der Waals surface area (Å²) >= 11 is 0. The number of amides is 1. The summed E-state index contributed by atoms with van der Waals surface area (Å²) in [4.78, 5) is 12.2. The second kappa shape index (κ2) is 6.21. The van der Waals surface area contributed by atoms with E-state index in [4.69, 9.17) is 0 Å². The van der Waals surface area contributed by atoms with Gasteiger partial charge >= 0.3 is 0 Å². The van der Waals surface area contributed by atoms with Gasteiger partial charge in [0.15, 0.2) is 0 Å². The highest BCUT2D eigenvalue weighted by atomic mass is 16.1. The van der Waals surface area contributed by atoms with Gasteiger partial charge in [-0.05, 0) is 31.2 Å². The van der Waals surface area contributed by atoms with Crippen molar-refractivity contribution in [2.75, 3.05) is 6.54 Å². The van der Waals surface area contributed by atoms with Gasteiger partial charge in [0.25, 0.3) is 5.91 Å². The Labute approximate surface area is 127 Å². The summed E-state index contributed by atoms with van der Waals surface area (Å²) in [6, 6.07) is 9.25. The van der Waals surface area contributed by atoms with Gasteiger partial charge in [0.1, 0.15) is 12.7 Å². The van der Waals surface area contributed by atoms with Gasteiger partial charge in [-0.3, -0.25) is 14.0 Å². The molecule has 0 aliphatic carbocycles. The number of rotatable bonds is 5. The third-order valence-corrected chi connectivity index (χ3v) is 3.36. The van der Waals surface area contributed by atoms with E-state index in [1.807, 2.05) is 29.8 Å². The summed E-state index contributed by atoms with van der Waals surface area (Å²) in [5.41, 5.74) is 2.52. The molecule has 2 heterocycles. The number of aromatic nitrogens is 5. The van der Waals surface area contributed by atoms with Crippen LogP contribution in [0.4, 0.5) is 0 Å². The lowest BCUT2D eigenvalue weighted by Crippen LogP contribution is -2.27. The Morgan fingerprint density at radius 2 is 2.05 bits per heavy atom. The normalized spacial score (nSPS) is 10.6. The van der Waals surface area contributed by atoms with E-state index in [9.17, 15) is 4.79 Å². The topological polar surface area (TPSA) is 77.6 Å². The average molecular weight is 296 g/mol. The van der Waals surface area contributed by atoms with Crippen LogP contribution < -0.4 is 5.32 Å². The minimum absolute atomic E-state index is 0.111. The number of aryl methyl sites for hydroxylation is 1. The fraction of sp³-hybridized carbons (Fsp3) is 0.200. The average Bonchev–Trinajstić information content (AvgIpc) is 3.20. The molecule has 2 aromatic heterocycles. The molecule has 0 bridgehead atoms. The number of carbonyl (C=O) groups excluding carboxylic acids is 1. The second-order valence-corrected chi connectivity index (χ2v) is 4.87. The molecule has 0 radical (unpaired) electrons. The van der Waals surface area contributed by atoms with E-state index in [-0.39, 0.29) is 5.91 Å². The van der Waals surface area contributed by atoms with Crippen molar-refractivity contribution < 1.29 is 4.79 Å². The Morgan fingerprint density at radius 1 is 1.23 bits per heavy atom. The molecule has 0 aliphatic rings. The van der Waals surface area contributed by atoms with Gasteiger partial charge < -0.3 is 5.32 Å². The maximum atomic E-state index is 12.2. The van der Waals surface area contributed by atoms with Crippen molar-refractivity contribution in [1.82, 2.24) is 29.9 Å². The predicted molar refractivity (Wildman–Crippen MR) is 80.7 cm³/mol. The van der Waals surface area contributed by atoms with Crippen molar-refractivity contribution in [2.45, 2.75) is 13.5 Å². The SMILES string of the molecule is Cc1ccnn1CCNC(=O)c1cccc(-n2cnnc2)c1. The first-order valence-electron chi connectivity index (χ1n) is 6.96. The van der Waals surface area contributed by atoms with E-state index in [0.29, 0.717) is 18.7 Å². The fourth-order valence-corrected chi connectivity index (χ4v) is 2.15. The summed E-state index contributed by atoms with van der Waals surface area (Å²) < 4.78 is 3.61. The highest BCUT2D eigenvalue weighted by Crippen LogP contribution is 2.09. The van der Waals surface area contributed by atoms with Crippen LogP contribution in [-0.4, -0.2) is 37.0 Å². The zero-order chi connectivity index (χ0) is 15.4. The third kappa shape index (κ3) is 3.03. The number of benzene rings is 1. The van der Waals surface area contributed by atoms with Crippen LogP contribution in [0.3, 0.4) is 0 Å². The van der Waals surface area contributed by atoms with Crippen LogP contribution in [-0.2, 0) is 6.54 Å². The van der Waals surface area contributed by atoms with Crippen molar-refractivity contribution in [2.24, 2.45) is 0 Å². The zero-order valence-electron chi connectivity index (χ0n) is 12.2. The largest absolute Gasteiger partial charge is 0.350 e. The van der Waals surface area contributed by atoms with Crippen LogP contribution in [0, 0.1) is 6.92 Å². The van der Waals surface area contributed by atoms with Crippen LogP contribution in [0.2, 0.25) is 0 Å². The van der Waals surface area contributed by atoms with Crippen molar-refractivity contribution >= 4 is 5.91 Å². The summed E-state index contributed by atoms with van der Waals surface area (Å²) in [6.45, 7) is 3.16. The first kappa shape index (κ1) is 14.0. The highest BCUT2D eigenvalue weighted by Gasteiger charge is 2.07. The van der Waals surface area contributed by atoms with E-state index in [0.717, 1.165) is 11.4 Å². The van der Waals surface area contributed by atoms with E-state index in [1.54, 1.807) is 35.6 Å². The summed E-state index contributed by atoms with van der Waals surface area (Å²) in [7, 11) is 0. The lowest BCUT2D eigenvalue weighted by atomic mass is 10.2. The third-order valence-electron chi connectivity index (χ3n) is 3.36.